The molecular weight excluding hydrogens is 534 g/mol. The minimum atomic E-state index is -1.05. The quantitative estimate of drug-likeness (QED) is 0.265. The van der Waals surface area contributed by atoms with Crippen LogP contribution in [0.2, 0.25) is 0 Å². The molecule has 204 valence electrons. The topological polar surface area (TPSA) is 241 Å². The zero-order valence-electron chi connectivity index (χ0n) is 20.9. The molecule has 0 aliphatic heterocycles. The van der Waals surface area contributed by atoms with Crippen molar-refractivity contribution in [3.63, 3.8) is 0 Å². The van der Waals surface area contributed by atoms with Crippen molar-refractivity contribution in [2.75, 3.05) is 11.5 Å². The molecule has 0 radical (unpaired) electrons. The molecule has 5 N–H and O–H groups in total. The van der Waals surface area contributed by atoms with E-state index in [4.69, 9.17) is 25.4 Å². The van der Waals surface area contributed by atoms with Crippen LogP contribution in [0.25, 0.3) is 45.2 Å². The maximum atomic E-state index is 10.7. The van der Waals surface area contributed by atoms with Gasteiger partial charge in [0.2, 0.25) is 11.9 Å². The van der Waals surface area contributed by atoms with Gasteiger partial charge >= 0.3 is 5.97 Å². The summed E-state index contributed by atoms with van der Waals surface area (Å²) in [5, 5.41) is 24.7. The second kappa shape index (κ2) is 10.5. The summed E-state index contributed by atoms with van der Waals surface area (Å²) in [6, 6.07) is 10.8. The van der Waals surface area contributed by atoms with Crippen LogP contribution in [0.4, 0.5) is 11.9 Å². The van der Waals surface area contributed by atoms with E-state index in [1.54, 1.807) is 47.6 Å². The number of hydrogen-bond acceptors (Lipinski definition) is 14. The lowest BCUT2D eigenvalue weighted by molar-refractivity contribution is -0.137. The van der Waals surface area contributed by atoms with Gasteiger partial charge < -0.3 is 25.4 Å². The van der Waals surface area contributed by atoms with E-state index in [0.717, 1.165) is 10.2 Å². The van der Waals surface area contributed by atoms with Crippen LogP contribution in [-0.4, -0.2) is 66.0 Å². The number of rotatable bonds is 6. The lowest BCUT2D eigenvalue weighted by Gasteiger charge is -2.03. The first-order valence-electron chi connectivity index (χ1n) is 11.9. The molecule has 0 aliphatic carbocycles. The molecular formula is C24H19N13O4. The van der Waals surface area contributed by atoms with E-state index in [1.807, 2.05) is 12.1 Å². The summed E-state index contributed by atoms with van der Waals surface area (Å²) < 4.78 is 13.4. The molecule has 0 saturated carbocycles. The number of carboxylic acid groups (broad SMARTS) is 1. The SMILES string of the molecule is Nc1nc(-c2ccco2)c2nnn(CC(=O)O)c2n1.Nc1nc(-c2ccco2)c2nnn(Cc3cccnc3)c2n1. The van der Waals surface area contributed by atoms with Gasteiger partial charge in [0.1, 0.15) is 17.9 Å². The van der Waals surface area contributed by atoms with Crippen molar-refractivity contribution in [1.29, 1.82) is 0 Å². The zero-order chi connectivity index (χ0) is 28.3. The van der Waals surface area contributed by atoms with Crippen molar-refractivity contribution in [2.24, 2.45) is 0 Å². The Kier molecular flexibility index (Phi) is 6.40. The summed E-state index contributed by atoms with van der Waals surface area (Å²) in [5.74, 6) is 0.124. The number of nitrogens with zero attached hydrogens (tertiary/aromatic N) is 11. The molecule has 0 atom stereocenters. The molecule has 0 aromatic carbocycles. The van der Waals surface area contributed by atoms with Crippen molar-refractivity contribution in [3.05, 3.63) is 66.9 Å². The highest BCUT2D eigenvalue weighted by molar-refractivity contribution is 5.87. The number of fused-ring (bicyclic) bond motifs is 2. The molecule has 17 heteroatoms. The number of aromatic nitrogens is 11. The van der Waals surface area contributed by atoms with Crippen LogP contribution in [-0.2, 0) is 17.9 Å². The Morgan fingerprint density at radius 1 is 0.805 bits per heavy atom. The van der Waals surface area contributed by atoms with Gasteiger partial charge in [0.05, 0.1) is 19.1 Å². The zero-order valence-corrected chi connectivity index (χ0v) is 20.9. The fourth-order valence-corrected chi connectivity index (χ4v) is 3.92. The van der Waals surface area contributed by atoms with Crippen molar-refractivity contribution in [2.45, 2.75) is 13.1 Å². The Balaban J connectivity index is 0.000000149. The minimum Gasteiger partial charge on any atom is -0.480 e. The molecule has 7 aromatic rings. The Morgan fingerprint density at radius 2 is 1.39 bits per heavy atom. The molecule has 41 heavy (non-hydrogen) atoms. The lowest BCUT2D eigenvalue weighted by Crippen LogP contribution is -2.11. The summed E-state index contributed by atoms with van der Waals surface area (Å²) in [5.41, 5.74) is 15.0. The van der Waals surface area contributed by atoms with Gasteiger partial charge in [-0.05, 0) is 35.9 Å². The predicted octanol–water partition coefficient (Wildman–Crippen LogP) is 1.65. The summed E-state index contributed by atoms with van der Waals surface area (Å²) in [6.07, 6.45) is 6.55. The highest BCUT2D eigenvalue weighted by atomic mass is 16.4. The molecule has 7 heterocycles. The van der Waals surface area contributed by atoms with Crippen molar-refractivity contribution in [3.8, 4) is 22.9 Å². The molecule has 17 nitrogen and oxygen atoms in total. The third-order valence-corrected chi connectivity index (χ3v) is 5.61. The molecule has 7 rings (SSSR count). The summed E-state index contributed by atoms with van der Waals surface area (Å²) >= 11 is 0. The highest BCUT2D eigenvalue weighted by Gasteiger charge is 2.19. The Labute approximate surface area is 228 Å². The third kappa shape index (κ3) is 5.09. The van der Waals surface area contributed by atoms with Crippen LogP contribution in [0.3, 0.4) is 0 Å². The smallest absolute Gasteiger partial charge is 0.325 e. The van der Waals surface area contributed by atoms with Gasteiger partial charge in [-0.2, -0.15) is 9.97 Å². The number of nitrogens with two attached hydrogens (primary N) is 2. The first-order chi connectivity index (χ1) is 20.0. The molecule has 7 aromatic heterocycles. The second-order valence-electron chi connectivity index (χ2n) is 8.41. The molecule has 0 fully saturated rings. The number of furan rings is 2. The van der Waals surface area contributed by atoms with Crippen molar-refractivity contribution >= 4 is 40.2 Å². The molecule has 0 aliphatic rings. The molecule has 0 bridgehead atoms. The highest BCUT2D eigenvalue weighted by Crippen LogP contribution is 2.26. The number of carboxylic acids is 1. The molecule has 0 amide bonds. The van der Waals surface area contributed by atoms with Gasteiger partial charge in [0.25, 0.3) is 0 Å². The maximum absolute atomic E-state index is 10.7. The van der Waals surface area contributed by atoms with E-state index in [0.29, 0.717) is 46.1 Å². The van der Waals surface area contributed by atoms with E-state index in [-0.39, 0.29) is 24.1 Å². The molecule has 0 saturated heterocycles. The van der Waals surface area contributed by atoms with Gasteiger partial charge in [0, 0.05) is 12.4 Å². The van der Waals surface area contributed by atoms with Crippen LogP contribution < -0.4 is 11.5 Å². The minimum absolute atomic E-state index is 0.00663. The number of carbonyl (C=O) groups is 1. The van der Waals surface area contributed by atoms with Crippen LogP contribution in [0.5, 0.6) is 0 Å². The Morgan fingerprint density at radius 3 is 1.90 bits per heavy atom. The Bertz CT molecular complexity index is 1950. The van der Waals surface area contributed by atoms with Crippen molar-refractivity contribution < 1.29 is 18.7 Å². The normalized spacial score (nSPS) is 11.0. The van der Waals surface area contributed by atoms with Crippen LogP contribution in [0.1, 0.15) is 5.56 Å². The largest absolute Gasteiger partial charge is 0.480 e. The van der Waals surface area contributed by atoms with Gasteiger partial charge in [-0.25, -0.2) is 19.3 Å². The van der Waals surface area contributed by atoms with E-state index in [1.165, 1.54) is 6.26 Å². The standard InChI is InChI=1S/C14H11N7O.C10H8N6O3/c15-14-17-11(10-4-2-6-22-10)12-13(18-14)21(20-19-12)8-9-3-1-5-16-7-9;11-10-12-7(5-2-1-3-19-5)8-9(13-10)16(15-14-8)4-6(17)18/h1-7H,8H2,(H2,15,17,18);1-3H,4H2,(H,17,18)(H2,11,12,13). The number of hydrogen-bond donors (Lipinski definition) is 3. The fourth-order valence-electron chi connectivity index (χ4n) is 3.92. The first kappa shape index (κ1) is 25.0. The van der Waals surface area contributed by atoms with E-state index < -0.39 is 5.97 Å². The fraction of sp³-hybridized carbons (Fsp3) is 0.0833. The second-order valence-corrected chi connectivity index (χ2v) is 8.41. The molecule has 0 unspecified atom stereocenters. The van der Waals surface area contributed by atoms with Crippen molar-refractivity contribution in [1.82, 2.24) is 54.9 Å². The summed E-state index contributed by atoms with van der Waals surface area (Å²) in [4.78, 5) is 31.3. The van der Waals surface area contributed by atoms with Gasteiger partial charge in [-0.1, -0.05) is 16.5 Å². The third-order valence-electron chi connectivity index (χ3n) is 5.61. The summed E-state index contributed by atoms with van der Waals surface area (Å²) in [6.45, 7) is 0.142. The first-order valence-corrected chi connectivity index (χ1v) is 11.9. The van der Waals surface area contributed by atoms with E-state index in [2.05, 4.69) is 45.5 Å². The van der Waals surface area contributed by atoms with Gasteiger partial charge in [0.15, 0.2) is 33.8 Å². The van der Waals surface area contributed by atoms with Gasteiger partial charge in [-0.15, -0.1) is 10.2 Å². The molecule has 0 spiro atoms. The van der Waals surface area contributed by atoms with Crippen LogP contribution in [0, 0.1) is 0 Å². The Hall–Kier alpha value is -6.26. The van der Waals surface area contributed by atoms with Gasteiger partial charge in [-0.3, -0.25) is 9.78 Å². The van der Waals surface area contributed by atoms with E-state index >= 15 is 0 Å². The van der Waals surface area contributed by atoms with E-state index in [9.17, 15) is 4.79 Å². The van der Waals surface area contributed by atoms with Crippen LogP contribution in [0.15, 0.2) is 70.2 Å². The number of anilines is 2. The lowest BCUT2D eigenvalue weighted by atomic mass is 10.2. The maximum Gasteiger partial charge on any atom is 0.325 e. The number of aliphatic carboxylic acids is 1. The number of pyridine rings is 1. The number of nitrogen functional groups attached to an aromatic ring is 2. The average molecular weight is 554 g/mol. The van der Waals surface area contributed by atoms with Crippen LogP contribution >= 0.6 is 0 Å². The monoisotopic (exact) mass is 553 g/mol. The summed E-state index contributed by atoms with van der Waals surface area (Å²) in [7, 11) is 0. The average Bonchev–Trinajstić information content (AvgIpc) is 3.78. The predicted molar refractivity (Wildman–Crippen MR) is 141 cm³/mol.